The first-order valence-corrected chi connectivity index (χ1v) is 9.01. The molecule has 0 aliphatic carbocycles. The summed E-state index contributed by atoms with van der Waals surface area (Å²) in [7, 11) is -2.76. The summed E-state index contributed by atoms with van der Waals surface area (Å²) in [6.07, 6.45) is 0. The molecule has 136 valence electrons. The van der Waals surface area contributed by atoms with Gasteiger partial charge in [-0.25, -0.2) is 17.7 Å². The van der Waals surface area contributed by atoms with Gasteiger partial charge in [0.05, 0.1) is 5.69 Å². The minimum atomic E-state index is -3.93. The number of hydrogen-bond acceptors (Lipinski definition) is 5. The van der Waals surface area contributed by atoms with Crippen LogP contribution in [0, 0.1) is 0 Å². The fourth-order valence-electron chi connectivity index (χ4n) is 2.59. The third-order valence-corrected chi connectivity index (χ3v) is 5.87. The van der Waals surface area contributed by atoms with Crippen LogP contribution < -0.4 is 4.74 Å². The lowest BCUT2D eigenvalue weighted by Gasteiger charge is -2.11. The van der Waals surface area contributed by atoms with E-state index in [2.05, 4.69) is 9.73 Å². The number of ether oxygens (including phenoxy) is 1. The Morgan fingerprint density at radius 1 is 1.08 bits per heavy atom. The third-order valence-electron chi connectivity index (χ3n) is 3.85. The van der Waals surface area contributed by atoms with Crippen molar-refractivity contribution in [3.05, 3.63) is 60.2 Å². The highest BCUT2D eigenvalue weighted by molar-refractivity contribution is 7.91. The number of benzene rings is 2. The van der Waals surface area contributed by atoms with Gasteiger partial charge in [0.2, 0.25) is 10.0 Å². The lowest BCUT2D eigenvalue weighted by atomic mass is 10.1. The SMILES string of the molecule is CN1C(=O)C(=Nc2ccc(OC(F)F)cc2)C(c2ccccc2)S1(=O)=O. The Morgan fingerprint density at radius 2 is 1.69 bits per heavy atom. The molecule has 1 heterocycles. The number of carbonyl (C=O) groups excluding carboxylic acids is 1. The Hall–Kier alpha value is -2.81. The summed E-state index contributed by atoms with van der Waals surface area (Å²) in [6, 6.07) is 13.5. The molecular formula is C17H14F2N2O4S. The predicted molar refractivity (Wildman–Crippen MR) is 91.0 cm³/mol. The zero-order valence-corrected chi connectivity index (χ0v) is 14.4. The van der Waals surface area contributed by atoms with Crippen LogP contribution in [0.3, 0.4) is 0 Å². The summed E-state index contributed by atoms with van der Waals surface area (Å²) >= 11 is 0. The van der Waals surface area contributed by atoms with Crippen LogP contribution in [0.2, 0.25) is 0 Å². The van der Waals surface area contributed by atoms with Gasteiger partial charge in [-0.3, -0.25) is 4.79 Å². The second-order valence-corrected chi connectivity index (χ2v) is 7.53. The zero-order chi connectivity index (χ0) is 18.9. The van der Waals surface area contributed by atoms with Gasteiger partial charge in [-0.05, 0) is 29.8 Å². The predicted octanol–water partition coefficient (Wildman–Crippen LogP) is 2.90. The largest absolute Gasteiger partial charge is 0.435 e. The Bertz CT molecular complexity index is 944. The normalized spacial score (nSPS) is 20.8. The van der Waals surface area contributed by atoms with E-state index in [4.69, 9.17) is 0 Å². The van der Waals surface area contributed by atoms with Gasteiger partial charge >= 0.3 is 6.61 Å². The summed E-state index contributed by atoms with van der Waals surface area (Å²) < 4.78 is 54.5. The van der Waals surface area contributed by atoms with Gasteiger partial charge in [-0.2, -0.15) is 8.78 Å². The summed E-state index contributed by atoms with van der Waals surface area (Å²) in [5, 5.41) is -1.22. The van der Waals surface area contributed by atoms with Gasteiger partial charge in [0, 0.05) is 7.05 Å². The first kappa shape index (κ1) is 18.0. The molecule has 0 aromatic heterocycles. The molecule has 1 aliphatic rings. The highest BCUT2D eigenvalue weighted by Crippen LogP contribution is 2.35. The number of aliphatic imine (C=N–C) groups is 1. The summed E-state index contributed by atoms with van der Waals surface area (Å²) in [5.74, 6) is -0.794. The average Bonchev–Trinajstić information content (AvgIpc) is 2.77. The van der Waals surface area contributed by atoms with E-state index in [1.54, 1.807) is 30.3 Å². The number of rotatable bonds is 4. The molecule has 2 aromatic carbocycles. The molecule has 1 unspecified atom stereocenters. The number of alkyl halides is 2. The van der Waals surface area contributed by atoms with E-state index < -0.39 is 27.8 Å². The molecule has 26 heavy (non-hydrogen) atoms. The van der Waals surface area contributed by atoms with Gasteiger partial charge in [-0.1, -0.05) is 30.3 Å². The Labute approximate surface area is 148 Å². The van der Waals surface area contributed by atoms with Crippen molar-refractivity contribution in [2.75, 3.05) is 7.05 Å². The van der Waals surface area contributed by atoms with Gasteiger partial charge in [0.25, 0.3) is 5.91 Å². The molecule has 9 heteroatoms. The molecule has 0 saturated carbocycles. The van der Waals surface area contributed by atoms with E-state index in [0.29, 0.717) is 9.87 Å². The summed E-state index contributed by atoms with van der Waals surface area (Å²) in [5.41, 5.74) is 0.518. The molecule has 1 aliphatic heterocycles. The average molecular weight is 380 g/mol. The summed E-state index contributed by atoms with van der Waals surface area (Å²) in [6.45, 7) is -2.95. The van der Waals surface area contributed by atoms with Crippen LogP contribution in [0.5, 0.6) is 5.75 Å². The van der Waals surface area contributed by atoms with Crippen molar-refractivity contribution < 1.29 is 26.7 Å². The van der Waals surface area contributed by atoms with E-state index in [1.807, 2.05) is 0 Å². The number of hydrogen-bond donors (Lipinski definition) is 0. The monoisotopic (exact) mass is 380 g/mol. The topological polar surface area (TPSA) is 76.0 Å². The molecule has 3 rings (SSSR count). The fourth-order valence-corrected chi connectivity index (χ4v) is 4.17. The molecule has 0 spiro atoms. The van der Waals surface area contributed by atoms with Crippen LogP contribution in [0.1, 0.15) is 10.8 Å². The molecule has 0 N–H and O–H groups in total. The number of halogens is 2. The maximum absolute atomic E-state index is 12.6. The second kappa shape index (κ2) is 6.83. The van der Waals surface area contributed by atoms with Crippen molar-refractivity contribution in [2.45, 2.75) is 11.9 Å². The molecule has 0 bridgehead atoms. The maximum Gasteiger partial charge on any atom is 0.387 e. The van der Waals surface area contributed by atoms with Crippen molar-refractivity contribution in [2.24, 2.45) is 4.99 Å². The lowest BCUT2D eigenvalue weighted by Crippen LogP contribution is -2.26. The standard InChI is InChI=1S/C17H14F2N2O4S/c1-21-16(22)14(15(26(21,23)24)11-5-3-2-4-6-11)20-12-7-9-13(10-8-12)25-17(18)19/h2-10,15,17H,1H3. The smallest absolute Gasteiger partial charge is 0.387 e. The Balaban J connectivity index is 2.03. The molecule has 2 aromatic rings. The quantitative estimate of drug-likeness (QED) is 0.817. The van der Waals surface area contributed by atoms with Crippen LogP contribution in [0.4, 0.5) is 14.5 Å². The van der Waals surface area contributed by atoms with Crippen LogP contribution in [0.15, 0.2) is 59.6 Å². The number of nitrogens with zero attached hydrogens (tertiary/aromatic N) is 2. The molecule has 6 nitrogen and oxygen atoms in total. The van der Waals surface area contributed by atoms with Crippen LogP contribution in [0.25, 0.3) is 0 Å². The molecule has 1 atom stereocenters. The number of sulfonamides is 1. The molecule has 1 amide bonds. The van der Waals surface area contributed by atoms with Crippen LogP contribution in [-0.2, 0) is 14.8 Å². The van der Waals surface area contributed by atoms with Gasteiger partial charge in [0.1, 0.15) is 11.5 Å². The van der Waals surface area contributed by atoms with Crippen molar-refractivity contribution in [3.8, 4) is 5.75 Å². The van der Waals surface area contributed by atoms with Gasteiger partial charge < -0.3 is 4.74 Å². The van der Waals surface area contributed by atoms with Crippen LogP contribution >= 0.6 is 0 Å². The fraction of sp³-hybridized carbons (Fsp3) is 0.176. The second-order valence-electron chi connectivity index (χ2n) is 5.48. The molecular weight excluding hydrogens is 366 g/mol. The van der Waals surface area contributed by atoms with E-state index in [1.165, 1.54) is 31.3 Å². The van der Waals surface area contributed by atoms with Crippen molar-refractivity contribution in [3.63, 3.8) is 0 Å². The maximum atomic E-state index is 12.6. The highest BCUT2D eigenvalue weighted by Gasteiger charge is 2.49. The first-order valence-electron chi connectivity index (χ1n) is 7.51. The van der Waals surface area contributed by atoms with Crippen molar-refractivity contribution >= 4 is 27.3 Å². The molecule has 1 fully saturated rings. The molecule has 1 saturated heterocycles. The molecule has 0 radical (unpaired) electrons. The highest BCUT2D eigenvalue weighted by atomic mass is 32.2. The van der Waals surface area contributed by atoms with E-state index in [9.17, 15) is 22.0 Å². The Morgan fingerprint density at radius 3 is 2.27 bits per heavy atom. The minimum Gasteiger partial charge on any atom is -0.435 e. The number of carbonyl (C=O) groups is 1. The van der Waals surface area contributed by atoms with Gasteiger partial charge in [-0.15, -0.1) is 0 Å². The first-order chi connectivity index (χ1) is 12.3. The lowest BCUT2D eigenvalue weighted by molar-refractivity contribution is -0.118. The third kappa shape index (κ3) is 3.30. The van der Waals surface area contributed by atoms with E-state index >= 15 is 0 Å². The minimum absolute atomic E-state index is 0.0638. The van der Waals surface area contributed by atoms with Crippen LogP contribution in [-0.4, -0.2) is 38.0 Å². The number of amides is 1. The van der Waals surface area contributed by atoms with Crippen molar-refractivity contribution in [1.29, 1.82) is 0 Å². The zero-order valence-electron chi connectivity index (χ0n) is 13.5. The van der Waals surface area contributed by atoms with E-state index in [0.717, 1.165) is 0 Å². The van der Waals surface area contributed by atoms with E-state index in [-0.39, 0.29) is 17.1 Å². The Kier molecular flexibility index (Phi) is 4.73. The summed E-state index contributed by atoms with van der Waals surface area (Å²) in [4.78, 5) is 16.6. The van der Waals surface area contributed by atoms with Gasteiger partial charge in [0.15, 0.2) is 5.25 Å². The van der Waals surface area contributed by atoms with Crippen molar-refractivity contribution in [1.82, 2.24) is 4.31 Å².